The molecule has 1 aromatic heterocycles. The number of fused-ring (bicyclic) bond motifs is 1. The molecular weight excluding hydrogens is 695 g/mol. The van der Waals surface area contributed by atoms with Gasteiger partial charge in [-0.25, -0.2) is 4.98 Å². The highest BCUT2D eigenvalue weighted by Gasteiger charge is 2.33. The zero-order valence-corrected chi connectivity index (χ0v) is 30.1. The van der Waals surface area contributed by atoms with Crippen LogP contribution in [-0.2, 0) is 22.6 Å². The summed E-state index contributed by atoms with van der Waals surface area (Å²) in [5.41, 5.74) is 12.0. The van der Waals surface area contributed by atoms with E-state index in [4.69, 9.17) is 10.5 Å². The van der Waals surface area contributed by atoms with Crippen molar-refractivity contribution in [3.05, 3.63) is 106 Å². The first-order valence-electron chi connectivity index (χ1n) is 17.8. The largest absolute Gasteiger partial charge is 0.482 e. The molecule has 4 aromatic rings. The molecule has 14 heteroatoms. The van der Waals surface area contributed by atoms with Crippen LogP contribution >= 0.6 is 11.3 Å². The Hall–Kier alpha value is -5.60. The van der Waals surface area contributed by atoms with Gasteiger partial charge in [-0.3, -0.25) is 24.0 Å². The van der Waals surface area contributed by atoms with Crippen LogP contribution in [0.4, 0.5) is 11.4 Å². The van der Waals surface area contributed by atoms with Crippen LogP contribution in [0.25, 0.3) is 0 Å². The Labute approximate surface area is 311 Å². The molecule has 1 atom stereocenters. The van der Waals surface area contributed by atoms with Gasteiger partial charge in [0, 0.05) is 59.9 Å². The Morgan fingerprint density at radius 1 is 0.887 bits per heavy atom. The summed E-state index contributed by atoms with van der Waals surface area (Å²) in [6, 6.07) is 18.5. The fraction of sp³-hybridized carbons (Fsp3) is 0.333. The number of hydrogen-bond donors (Lipinski definition) is 5. The van der Waals surface area contributed by atoms with E-state index in [0.717, 1.165) is 49.8 Å². The van der Waals surface area contributed by atoms with Crippen LogP contribution in [0.15, 0.2) is 77.6 Å². The predicted octanol–water partition coefficient (Wildman–Crippen LogP) is 4.51. The van der Waals surface area contributed by atoms with Crippen molar-refractivity contribution >= 4 is 52.2 Å². The molecule has 13 nitrogen and oxygen atoms in total. The molecule has 1 unspecified atom stereocenters. The number of ether oxygens (including phenoxy) is 1. The zero-order chi connectivity index (χ0) is 37.2. The molecule has 6 N–H and O–H groups in total. The molecule has 6 rings (SSSR count). The van der Waals surface area contributed by atoms with Crippen LogP contribution in [0.5, 0.6) is 5.75 Å². The first kappa shape index (κ1) is 37.2. The SMILES string of the molecule is NC(Cc1cscn1)C(=O)NCCCCCCNC(=O)c1ccc(NC(=O)c2ccc(CN(C(=O)c3ccc4c(c3)OCC(=O)N4)C3CC3)cc2)cc1. The van der Waals surface area contributed by atoms with Crippen LogP contribution in [-0.4, -0.2) is 71.2 Å². The third-order valence-electron chi connectivity index (χ3n) is 9.02. The van der Waals surface area contributed by atoms with Crippen LogP contribution in [0.1, 0.15) is 80.9 Å². The van der Waals surface area contributed by atoms with Gasteiger partial charge in [0.15, 0.2) is 6.61 Å². The summed E-state index contributed by atoms with van der Waals surface area (Å²) in [5, 5.41) is 13.3. The number of rotatable bonds is 17. The molecule has 0 bridgehead atoms. The van der Waals surface area contributed by atoms with Crippen molar-refractivity contribution in [3.8, 4) is 5.75 Å². The highest BCUT2D eigenvalue weighted by Crippen LogP contribution is 2.33. The first-order valence-corrected chi connectivity index (χ1v) is 18.7. The maximum absolute atomic E-state index is 13.5. The number of thiazole rings is 1. The minimum Gasteiger partial charge on any atom is -0.482 e. The van der Waals surface area contributed by atoms with Gasteiger partial charge in [-0.1, -0.05) is 25.0 Å². The standard InChI is InChI=1S/C39H43N7O6S/c40-32(20-30-23-53-24-43-30)38(50)42-18-4-2-1-3-17-41-36(48)26-9-12-29(13-10-26)44-37(49)27-7-5-25(6-8-27)21-46(31-14-15-31)39(51)28-11-16-33-34(19-28)52-22-35(47)45-33/h5-13,16,19,23-24,31-32H,1-4,14-15,17-18,20-22,40H2,(H,41,48)(H,42,50)(H,44,49)(H,45,47). The van der Waals surface area contributed by atoms with Crippen molar-refractivity contribution in [2.24, 2.45) is 5.73 Å². The summed E-state index contributed by atoms with van der Waals surface area (Å²) in [4.78, 5) is 68.8. The summed E-state index contributed by atoms with van der Waals surface area (Å²) in [5.74, 6) is -0.521. The highest BCUT2D eigenvalue weighted by atomic mass is 32.1. The van der Waals surface area contributed by atoms with Crippen LogP contribution in [0.2, 0.25) is 0 Å². The number of benzene rings is 3. The van der Waals surface area contributed by atoms with Crippen molar-refractivity contribution < 1.29 is 28.7 Å². The second kappa shape index (κ2) is 17.8. The van der Waals surface area contributed by atoms with E-state index < -0.39 is 6.04 Å². The summed E-state index contributed by atoms with van der Waals surface area (Å²) in [6.07, 6.45) is 5.77. The fourth-order valence-corrected chi connectivity index (χ4v) is 6.47. The van der Waals surface area contributed by atoms with Gasteiger partial charge in [0.25, 0.3) is 23.6 Å². The molecule has 2 aliphatic rings. The van der Waals surface area contributed by atoms with Crippen molar-refractivity contribution in [2.75, 3.05) is 30.3 Å². The average Bonchev–Trinajstić information content (AvgIpc) is 3.89. The molecule has 1 saturated carbocycles. The van der Waals surface area contributed by atoms with Crippen molar-refractivity contribution in [2.45, 2.75) is 63.6 Å². The summed E-state index contributed by atoms with van der Waals surface area (Å²) in [6.45, 7) is 1.41. The lowest BCUT2D eigenvalue weighted by Gasteiger charge is -2.24. The van der Waals surface area contributed by atoms with Gasteiger partial charge >= 0.3 is 0 Å². The molecule has 53 heavy (non-hydrogen) atoms. The molecule has 1 aliphatic heterocycles. The predicted molar refractivity (Wildman–Crippen MR) is 202 cm³/mol. The van der Waals surface area contributed by atoms with Crippen molar-refractivity contribution in [1.82, 2.24) is 20.5 Å². The molecule has 0 saturated heterocycles. The molecule has 1 fully saturated rings. The molecule has 276 valence electrons. The Morgan fingerprint density at radius 3 is 2.26 bits per heavy atom. The van der Waals surface area contributed by atoms with Gasteiger partial charge < -0.3 is 36.6 Å². The topological polar surface area (TPSA) is 185 Å². The summed E-state index contributed by atoms with van der Waals surface area (Å²) < 4.78 is 5.49. The van der Waals surface area contributed by atoms with Gasteiger partial charge in [0.1, 0.15) is 5.75 Å². The van der Waals surface area contributed by atoms with E-state index in [2.05, 4.69) is 26.3 Å². The zero-order valence-electron chi connectivity index (χ0n) is 29.3. The number of aromatic nitrogens is 1. The van der Waals surface area contributed by atoms with Crippen LogP contribution in [0, 0.1) is 0 Å². The Kier molecular flexibility index (Phi) is 12.4. The van der Waals surface area contributed by atoms with Crippen molar-refractivity contribution in [3.63, 3.8) is 0 Å². The van der Waals surface area contributed by atoms with E-state index in [0.29, 0.717) is 59.9 Å². The minimum atomic E-state index is -0.608. The number of carbonyl (C=O) groups is 5. The number of nitrogens with one attached hydrogen (secondary N) is 4. The lowest BCUT2D eigenvalue weighted by molar-refractivity contribution is -0.122. The van der Waals surface area contributed by atoms with Crippen LogP contribution < -0.4 is 31.7 Å². The fourth-order valence-electron chi connectivity index (χ4n) is 5.90. The minimum absolute atomic E-state index is 0.0837. The smallest absolute Gasteiger partial charge is 0.262 e. The lowest BCUT2D eigenvalue weighted by Crippen LogP contribution is -2.42. The molecule has 1 aliphatic carbocycles. The molecule has 3 aromatic carbocycles. The normalized spacial score (nSPS) is 13.9. The number of nitrogens with zero attached hydrogens (tertiary/aromatic N) is 2. The maximum atomic E-state index is 13.5. The molecular formula is C39H43N7O6S. The number of hydrogen-bond acceptors (Lipinski definition) is 9. The van der Waals surface area contributed by atoms with Gasteiger partial charge in [-0.15, -0.1) is 11.3 Å². The van der Waals surface area contributed by atoms with E-state index >= 15 is 0 Å². The average molecular weight is 738 g/mol. The van der Waals surface area contributed by atoms with Gasteiger partial charge in [-0.05, 0) is 85.8 Å². The number of unbranched alkanes of at least 4 members (excludes halogenated alkanes) is 3. The Bertz CT molecular complexity index is 1910. The van der Waals surface area contributed by atoms with E-state index in [1.54, 1.807) is 60.1 Å². The van der Waals surface area contributed by atoms with Gasteiger partial charge in [0.05, 0.1) is 22.9 Å². The third-order valence-corrected chi connectivity index (χ3v) is 9.66. The summed E-state index contributed by atoms with van der Waals surface area (Å²) >= 11 is 1.48. The monoisotopic (exact) mass is 737 g/mol. The Morgan fingerprint density at radius 2 is 1.57 bits per heavy atom. The molecule has 0 radical (unpaired) electrons. The highest BCUT2D eigenvalue weighted by molar-refractivity contribution is 7.07. The number of carbonyl (C=O) groups excluding carboxylic acids is 5. The molecule has 2 heterocycles. The van der Waals surface area contributed by atoms with Gasteiger partial charge in [0.2, 0.25) is 5.91 Å². The van der Waals surface area contributed by atoms with E-state index in [9.17, 15) is 24.0 Å². The lowest BCUT2D eigenvalue weighted by atomic mass is 10.1. The quantitative estimate of drug-likeness (QED) is 0.0981. The second-order valence-corrected chi connectivity index (χ2v) is 13.9. The van der Waals surface area contributed by atoms with Crippen molar-refractivity contribution in [1.29, 1.82) is 0 Å². The number of amides is 5. The number of anilines is 2. The second-order valence-electron chi connectivity index (χ2n) is 13.2. The van der Waals surface area contributed by atoms with Crippen LogP contribution in [0.3, 0.4) is 0 Å². The van der Waals surface area contributed by atoms with Gasteiger partial charge in [-0.2, -0.15) is 0 Å². The van der Waals surface area contributed by atoms with E-state index in [-0.39, 0.29) is 42.2 Å². The Balaban J connectivity index is 0.889. The first-order chi connectivity index (χ1) is 25.7. The summed E-state index contributed by atoms with van der Waals surface area (Å²) in [7, 11) is 0. The molecule has 0 spiro atoms. The maximum Gasteiger partial charge on any atom is 0.262 e. The number of nitrogens with two attached hydrogens (primary N) is 1. The third kappa shape index (κ3) is 10.5. The van der Waals surface area contributed by atoms with E-state index in [1.165, 1.54) is 11.3 Å². The van der Waals surface area contributed by atoms with E-state index in [1.807, 2.05) is 22.4 Å². The molecule has 5 amide bonds.